The van der Waals surface area contributed by atoms with E-state index in [1.807, 2.05) is 40.9 Å². The summed E-state index contributed by atoms with van der Waals surface area (Å²) in [7, 11) is 0. The number of ether oxygens (including phenoxy) is 2. The maximum Gasteiger partial charge on any atom is 0.228 e. The Morgan fingerprint density at radius 1 is 1.00 bits per heavy atom. The van der Waals surface area contributed by atoms with Crippen molar-refractivity contribution in [3.8, 4) is 11.5 Å². The molecule has 2 aliphatic heterocycles. The van der Waals surface area contributed by atoms with E-state index in [2.05, 4.69) is 5.32 Å². The highest BCUT2D eigenvalue weighted by Gasteiger charge is 2.18. The van der Waals surface area contributed by atoms with E-state index in [0.29, 0.717) is 41.8 Å². The van der Waals surface area contributed by atoms with Gasteiger partial charge in [-0.05, 0) is 35.4 Å². The fourth-order valence-electron chi connectivity index (χ4n) is 3.58. The Morgan fingerprint density at radius 2 is 1.74 bits per heavy atom. The van der Waals surface area contributed by atoms with Crippen LogP contribution < -0.4 is 14.8 Å². The molecule has 1 N–H and O–H groups in total. The van der Waals surface area contributed by atoms with E-state index >= 15 is 0 Å². The Bertz CT molecular complexity index is 945. The van der Waals surface area contributed by atoms with Crippen molar-refractivity contribution in [1.82, 2.24) is 4.90 Å². The van der Waals surface area contributed by atoms with E-state index < -0.39 is 0 Å². The number of anilines is 1. The summed E-state index contributed by atoms with van der Waals surface area (Å²) >= 11 is 8.19. The molecule has 0 unspecified atom stereocenters. The minimum atomic E-state index is -0.153. The number of thioether (sulfide) groups is 1. The molecule has 0 spiro atoms. The molecule has 2 aliphatic rings. The van der Waals surface area contributed by atoms with Crippen LogP contribution in [0.15, 0.2) is 36.4 Å². The smallest absolute Gasteiger partial charge is 0.228 e. The van der Waals surface area contributed by atoms with Gasteiger partial charge in [0.15, 0.2) is 11.5 Å². The molecule has 6 nitrogen and oxygen atoms in total. The minimum Gasteiger partial charge on any atom is -0.489 e. The zero-order valence-corrected chi connectivity index (χ0v) is 18.8. The molecule has 2 aromatic carbocycles. The van der Waals surface area contributed by atoms with Crippen LogP contribution in [0.5, 0.6) is 11.5 Å². The summed E-state index contributed by atoms with van der Waals surface area (Å²) in [5.74, 6) is 3.13. The second-order valence-electron chi connectivity index (χ2n) is 7.55. The van der Waals surface area contributed by atoms with Gasteiger partial charge in [-0.25, -0.2) is 0 Å². The van der Waals surface area contributed by atoms with Gasteiger partial charge in [-0.1, -0.05) is 23.7 Å². The van der Waals surface area contributed by atoms with E-state index in [9.17, 15) is 9.59 Å². The zero-order chi connectivity index (χ0) is 21.6. The van der Waals surface area contributed by atoms with Crippen LogP contribution in [0.3, 0.4) is 0 Å². The Balaban J connectivity index is 1.33. The molecule has 0 aromatic heterocycles. The van der Waals surface area contributed by atoms with Crippen molar-refractivity contribution in [3.05, 3.63) is 52.5 Å². The van der Waals surface area contributed by atoms with Crippen molar-refractivity contribution in [2.45, 2.75) is 19.3 Å². The first-order valence-corrected chi connectivity index (χ1v) is 11.9. The topological polar surface area (TPSA) is 67.9 Å². The quantitative estimate of drug-likeness (QED) is 0.735. The van der Waals surface area contributed by atoms with Gasteiger partial charge in [-0.15, -0.1) is 0 Å². The van der Waals surface area contributed by atoms with Gasteiger partial charge < -0.3 is 19.7 Å². The zero-order valence-electron chi connectivity index (χ0n) is 17.2. The second-order valence-corrected chi connectivity index (χ2v) is 9.18. The van der Waals surface area contributed by atoms with Crippen molar-refractivity contribution < 1.29 is 19.1 Å². The number of rotatable bonds is 5. The molecule has 31 heavy (non-hydrogen) atoms. The molecular formula is C23H25ClN2O4S. The van der Waals surface area contributed by atoms with Gasteiger partial charge in [0.1, 0.15) is 0 Å². The first-order valence-electron chi connectivity index (χ1n) is 10.4. The highest BCUT2D eigenvalue weighted by atomic mass is 35.5. The average Bonchev–Trinajstić information content (AvgIpc) is 3.01. The third-order valence-electron chi connectivity index (χ3n) is 5.18. The molecule has 0 aliphatic carbocycles. The number of benzene rings is 2. The normalized spacial score (nSPS) is 15.8. The Kier molecular flexibility index (Phi) is 7.25. The lowest BCUT2D eigenvalue weighted by Gasteiger charge is -2.26. The maximum absolute atomic E-state index is 12.5. The number of amides is 2. The van der Waals surface area contributed by atoms with Crippen molar-refractivity contribution in [2.75, 3.05) is 43.1 Å². The molecule has 0 saturated carbocycles. The summed E-state index contributed by atoms with van der Waals surface area (Å²) in [5, 5.41) is 3.34. The molecule has 2 aromatic rings. The summed E-state index contributed by atoms with van der Waals surface area (Å²) in [4.78, 5) is 26.8. The fraction of sp³-hybridized carbons (Fsp3) is 0.391. The Hall–Kier alpha value is -2.38. The predicted molar refractivity (Wildman–Crippen MR) is 123 cm³/mol. The molecule has 1 fully saturated rings. The summed E-state index contributed by atoms with van der Waals surface area (Å²) in [6.45, 7) is 2.76. The fourth-order valence-corrected chi connectivity index (χ4v) is 4.77. The van der Waals surface area contributed by atoms with Gasteiger partial charge in [-0.2, -0.15) is 11.8 Å². The third-order valence-corrected chi connectivity index (χ3v) is 6.41. The minimum absolute atomic E-state index is 0.153. The molecule has 2 heterocycles. The molecule has 8 heteroatoms. The van der Waals surface area contributed by atoms with Crippen LogP contribution in [-0.2, 0) is 22.4 Å². The first kappa shape index (κ1) is 21.8. The van der Waals surface area contributed by atoms with Gasteiger partial charge in [0.05, 0.1) is 31.1 Å². The lowest BCUT2D eigenvalue weighted by atomic mass is 10.1. The average molecular weight is 461 g/mol. The van der Waals surface area contributed by atoms with Gasteiger partial charge in [0.25, 0.3) is 0 Å². The molecule has 0 radical (unpaired) electrons. The first-order chi connectivity index (χ1) is 15.1. The molecule has 0 bridgehead atoms. The van der Waals surface area contributed by atoms with E-state index in [0.717, 1.165) is 42.1 Å². The van der Waals surface area contributed by atoms with E-state index in [4.69, 9.17) is 21.1 Å². The summed E-state index contributed by atoms with van der Waals surface area (Å²) in [6.07, 6.45) is 1.34. The molecule has 0 atom stereocenters. The molecule has 2 amide bonds. The molecule has 4 rings (SSSR count). The van der Waals surface area contributed by atoms with Crippen LogP contribution in [0.4, 0.5) is 5.69 Å². The predicted octanol–water partition coefficient (Wildman–Crippen LogP) is 3.80. The standard InChI is InChI=1S/C23H25ClN2O4S/c24-19-12-17(13-20-23(19)30-9-1-8-29-20)14-21(27)25-18-4-2-16(3-5-18)15-22(28)26-6-10-31-11-7-26/h2-5,12-13H,1,6-11,14-15H2,(H,25,27). The number of carbonyl (C=O) groups is 2. The number of carbonyl (C=O) groups excluding carboxylic acids is 2. The van der Waals surface area contributed by atoms with Crippen LogP contribution in [0.2, 0.25) is 5.02 Å². The van der Waals surface area contributed by atoms with Crippen LogP contribution in [0.25, 0.3) is 0 Å². The van der Waals surface area contributed by atoms with E-state index in [1.165, 1.54) is 0 Å². The number of hydrogen-bond donors (Lipinski definition) is 1. The number of halogens is 1. The van der Waals surface area contributed by atoms with Crippen molar-refractivity contribution in [3.63, 3.8) is 0 Å². The van der Waals surface area contributed by atoms with Gasteiger partial charge in [-0.3, -0.25) is 9.59 Å². The summed E-state index contributed by atoms with van der Waals surface area (Å²) in [5.41, 5.74) is 2.39. The SMILES string of the molecule is O=C(Cc1cc(Cl)c2c(c1)OCCCO2)Nc1ccc(CC(=O)N2CCSCC2)cc1. The van der Waals surface area contributed by atoms with Crippen LogP contribution in [-0.4, -0.2) is 54.5 Å². The Morgan fingerprint density at radius 3 is 2.52 bits per heavy atom. The van der Waals surface area contributed by atoms with Crippen LogP contribution in [0.1, 0.15) is 17.5 Å². The summed E-state index contributed by atoms with van der Waals surface area (Å²) in [6, 6.07) is 11.0. The monoisotopic (exact) mass is 460 g/mol. The lowest BCUT2D eigenvalue weighted by Crippen LogP contribution is -2.38. The molecular weight excluding hydrogens is 436 g/mol. The van der Waals surface area contributed by atoms with Gasteiger partial charge in [0, 0.05) is 36.7 Å². The van der Waals surface area contributed by atoms with E-state index in [-0.39, 0.29) is 18.2 Å². The number of hydrogen-bond acceptors (Lipinski definition) is 5. The molecule has 1 saturated heterocycles. The summed E-state index contributed by atoms with van der Waals surface area (Å²) < 4.78 is 11.3. The van der Waals surface area contributed by atoms with Crippen LogP contribution in [0, 0.1) is 0 Å². The highest BCUT2D eigenvalue weighted by molar-refractivity contribution is 7.99. The van der Waals surface area contributed by atoms with Gasteiger partial charge >= 0.3 is 0 Å². The second kappa shape index (κ2) is 10.3. The largest absolute Gasteiger partial charge is 0.489 e. The van der Waals surface area contributed by atoms with Crippen LogP contribution >= 0.6 is 23.4 Å². The van der Waals surface area contributed by atoms with Crippen molar-refractivity contribution in [1.29, 1.82) is 0 Å². The number of nitrogens with zero attached hydrogens (tertiary/aromatic N) is 1. The molecule has 164 valence electrons. The van der Waals surface area contributed by atoms with Gasteiger partial charge in [0.2, 0.25) is 11.8 Å². The third kappa shape index (κ3) is 5.86. The Labute approximate surface area is 191 Å². The number of nitrogens with one attached hydrogen (secondary N) is 1. The number of fused-ring (bicyclic) bond motifs is 1. The lowest BCUT2D eigenvalue weighted by molar-refractivity contribution is -0.130. The van der Waals surface area contributed by atoms with E-state index in [1.54, 1.807) is 12.1 Å². The highest BCUT2D eigenvalue weighted by Crippen LogP contribution is 2.38. The van der Waals surface area contributed by atoms with Crippen molar-refractivity contribution in [2.24, 2.45) is 0 Å². The van der Waals surface area contributed by atoms with Crippen molar-refractivity contribution >= 4 is 40.9 Å². The maximum atomic E-state index is 12.5.